The average Bonchev–Trinajstić information content (AvgIpc) is 3.58. The van der Waals surface area contributed by atoms with Gasteiger partial charge in [0, 0.05) is 56.8 Å². The summed E-state index contributed by atoms with van der Waals surface area (Å²) < 4.78 is 0. The first-order valence-corrected chi connectivity index (χ1v) is 12.4. The highest BCUT2D eigenvalue weighted by Gasteiger charge is 2.50. The first kappa shape index (κ1) is 22.1. The molecule has 1 saturated heterocycles. The number of nitrogens with zero attached hydrogens (tertiary/aromatic N) is 3. The molecule has 6 nitrogen and oxygen atoms in total. The standard InChI is InChI=1S/C26H37N3O3/c1-20-16-21-4-2-3-5-22(21)17-29(20)23-6-8-25(19-30,9-7-23)18-27-12-14-28(15-13-27)24(31)26(32)10-11-26/h2-5,19-20,23,32H,6-18H2,1H3. The number of aldehydes is 1. The van der Waals surface area contributed by atoms with E-state index in [0.717, 1.165) is 58.3 Å². The van der Waals surface area contributed by atoms with Crippen LogP contribution in [0.5, 0.6) is 0 Å². The summed E-state index contributed by atoms with van der Waals surface area (Å²) in [4.78, 5) is 31.5. The molecule has 6 heteroatoms. The fourth-order valence-electron chi connectivity index (χ4n) is 6.19. The predicted molar refractivity (Wildman–Crippen MR) is 123 cm³/mol. The van der Waals surface area contributed by atoms with Crippen molar-refractivity contribution >= 4 is 12.2 Å². The number of fused-ring (bicyclic) bond motifs is 1. The Labute approximate surface area is 191 Å². The van der Waals surface area contributed by atoms with Gasteiger partial charge in [0.25, 0.3) is 5.91 Å². The number of carbonyl (C=O) groups excluding carboxylic acids is 2. The van der Waals surface area contributed by atoms with E-state index >= 15 is 0 Å². The van der Waals surface area contributed by atoms with E-state index in [1.165, 1.54) is 17.4 Å². The van der Waals surface area contributed by atoms with Gasteiger partial charge < -0.3 is 14.8 Å². The monoisotopic (exact) mass is 439 g/mol. The van der Waals surface area contributed by atoms with E-state index in [1.54, 1.807) is 0 Å². The molecular weight excluding hydrogens is 402 g/mol. The molecule has 0 aromatic heterocycles. The minimum Gasteiger partial charge on any atom is -0.380 e. The van der Waals surface area contributed by atoms with Crippen LogP contribution in [0, 0.1) is 5.41 Å². The molecule has 1 aromatic rings. The molecule has 2 aliphatic heterocycles. The molecule has 0 bridgehead atoms. The van der Waals surface area contributed by atoms with Crippen molar-refractivity contribution in [1.82, 2.24) is 14.7 Å². The van der Waals surface area contributed by atoms with Crippen LogP contribution in [-0.2, 0) is 22.6 Å². The number of carbonyl (C=O) groups is 2. The molecule has 32 heavy (non-hydrogen) atoms. The summed E-state index contributed by atoms with van der Waals surface area (Å²) in [6, 6.07) is 9.91. The van der Waals surface area contributed by atoms with Crippen molar-refractivity contribution in [3.05, 3.63) is 35.4 Å². The molecule has 1 unspecified atom stereocenters. The summed E-state index contributed by atoms with van der Waals surface area (Å²) in [6.07, 6.45) is 7.60. The van der Waals surface area contributed by atoms with Crippen LogP contribution >= 0.6 is 0 Å². The third-order valence-electron chi connectivity index (χ3n) is 8.54. The van der Waals surface area contributed by atoms with Gasteiger partial charge in [0.2, 0.25) is 0 Å². The summed E-state index contributed by atoms with van der Waals surface area (Å²) in [5.41, 5.74) is 1.62. The SMILES string of the molecule is CC1Cc2ccccc2CN1C1CCC(C=O)(CN2CCN(C(=O)C3(O)CC3)CC2)CC1. The summed E-state index contributed by atoms with van der Waals surface area (Å²) in [5, 5.41) is 10.1. The normalized spacial score (nSPS) is 32.9. The molecule has 1 aromatic carbocycles. The molecular formula is C26H37N3O3. The highest BCUT2D eigenvalue weighted by atomic mass is 16.3. The number of piperazine rings is 1. The van der Waals surface area contributed by atoms with Crippen LogP contribution in [0.25, 0.3) is 0 Å². The van der Waals surface area contributed by atoms with E-state index in [2.05, 4.69) is 41.0 Å². The lowest BCUT2D eigenvalue weighted by Crippen LogP contribution is -2.55. The molecule has 2 heterocycles. The molecule has 1 atom stereocenters. The van der Waals surface area contributed by atoms with Gasteiger partial charge in [0.05, 0.1) is 0 Å². The molecule has 0 radical (unpaired) electrons. The van der Waals surface area contributed by atoms with Gasteiger partial charge in [0.15, 0.2) is 0 Å². The maximum absolute atomic E-state index is 12.4. The Hall–Kier alpha value is -1.76. The lowest BCUT2D eigenvalue weighted by atomic mass is 9.72. The second kappa shape index (κ2) is 8.54. The Morgan fingerprint density at radius 1 is 1.06 bits per heavy atom. The van der Waals surface area contributed by atoms with Crippen LogP contribution in [-0.4, -0.2) is 82.4 Å². The Bertz CT molecular complexity index is 852. The van der Waals surface area contributed by atoms with Crippen molar-refractivity contribution in [1.29, 1.82) is 0 Å². The number of benzene rings is 1. The highest BCUT2D eigenvalue weighted by Crippen LogP contribution is 2.40. The van der Waals surface area contributed by atoms with Crippen molar-refractivity contribution in [2.24, 2.45) is 5.41 Å². The third-order valence-corrected chi connectivity index (χ3v) is 8.54. The predicted octanol–water partition coefficient (Wildman–Crippen LogP) is 2.23. The quantitative estimate of drug-likeness (QED) is 0.713. The fourth-order valence-corrected chi connectivity index (χ4v) is 6.19. The van der Waals surface area contributed by atoms with Crippen LogP contribution in [0.4, 0.5) is 0 Å². The van der Waals surface area contributed by atoms with Crippen LogP contribution in [0.3, 0.4) is 0 Å². The Kier molecular flexibility index (Phi) is 5.89. The second-order valence-corrected chi connectivity index (χ2v) is 10.8. The number of rotatable bonds is 5. The van der Waals surface area contributed by atoms with Gasteiger partial charge in [-0.15, -0.1) is 0 Å². The molecule has 4 aliphatic rings. The Morgan fingerprint density at radius 2 is 1.72 bits per heavy atom. The van der Waals surface area contributed by atoms with E-state index in [4.69, 9.17) is 0 Å². The molecule has 2 aliphatic carbocycles. The lowest BCUT2D eigenvalue weighted by Gasteiger charge is -2.47. The third kappa shape index (κ3) is 4.25. The van der Waals surface area contributed by atoms with Crippen molar-refractivity contribution in [3.63, 3.8) is 0 Å². The smallest absolute Gasteiger partial charge is 0.254 e. The molecule has 174 valence electrons. The van der Waals surface area contributed by atoms with Gasteiger partial charge in [0.1, 0.15) is 11.9 Å². The van der Waals surface area contributed by atoms with Gasteiger partial charge in [-0.25, -0.2) is 0 Å². The maximum atomic E-state index is 12.4. The van der Waals surface area contributed by atoms with Gasteiger partial charge in [-0.3, -0.25) is 14.6 Å². The zero-order chi connectivity index (χ0) is 22.3. The summed E-state index contributed by atoms with van der Waals surface area (Å²) in [6.45, 7) is 7.07. The van der Waals surface area contributed by atoms with E-state index in [1.807, 2.05) is 4.90 Å². The zero-order valence-corrected chi connectivity index (χ0v) is 19.3. The number of hydrogen-bond donors (Lipinski definition) is 1. The van der Waals surface area contributed by atoms with Crippen molar-refractivity contribution < 1.29 is 14.7 Å². The zero-order valence-electron chi connectivity index (χ0n) is 19.3. The highest BCUT2D eigenvalue weighted by molar-refractivity contribution is 5.87. The van der Waals surface area contributed by atoms with Gasteiger partial charge >= 0.3 is 0 Å². The first-order valence-electron chi connectivity index (χ1n) is 12.4. The van der Waals surface area contributed by atoms with E-state index < -0.39 is 5.60 Å². The second-order valence-electron chi connectivity index (χ2n) is 10.8. The number of amides is 1. The largest absolute Gasteiger partial charge is 0.380 e. The van der Waals surface area contributed by atoms with Crippen molar-refractivity contribution in [2.45, 2.75) is 76.1 Å². The Morgan fingerprint density at radius 3 is 2.34 bits per heavy atom. The minimum absolute atomic E-state index is 0.0972. The number of hydrogen-bond acceptors (Lipinski definition) is 5. The fraction of sp³-hybridized carbons (Fsp3) is 0.692. The van der Waals surface area contributed by atoms with Gasteiger partial charge in [-0.05, 0) is 63.0 Å². The minimum atomic E-state index is -1.07. The molecule has 1 N–H and O–H groups in total. The first-order chi connectivity index (χ1) is 15.4. The van der Waals surface area contributed by atoms with Crippen LogP contribution in [0.15, 0.2) is 24.3 Å². The van der Waals surface area contributed by atoms with E-state index in [0.29, 0.717) is 38.0 Å². The topological polar surface area (TPSA) is 64.1 Å². The van der Waals surface area contributed by atoms with Crippen molar-refractivity contribution in [2.75, 3.05) is 32.7 Å². The summed E-state index contributed by atoms with van der Waals surface area (Å²) in [7, 11) is 0. The maximum Gasteiger partial charge on any atom is 0.254 e. The molecule has 3 fully saturated rings. The molecule has 1 amide bonds. The number of aliphatic hydroxyl groups is 1. The van der Waals surface area contributed by atoms with E-state index in [-0.39, 0.29) is 11.3 Å². The average molecular weight is 440 g/mol. The molecule has 5 rings (SSSR count). The molecule has 0 spiro atoms. The van der Waals surface area contributed by atoms with Crippen LogP contribution < -0.4 is 0 Å². The van der Waals surface area contributed by atoms with E-state index in [9.17, 15) is 14.7 Å². The molecule has 2 saturated carbocycles. The Balaban J connectivity index is 1.15. The summed E-state index contributed by atoms with van der Waals surface area (Å²) in [5.74, 6) is -0.0972. The lowest BCUT2D eigenvalue weighted by molar-refractivity contribution is -0.144. The summed E-state index contributed by atoms with van der Waals surface area (Å²) >= 11 is 0. The van der Waals surface area contributed by atoms with Gasteiger partial charge in [-0.2, -0.15) is 0 Å². The van der Waals surface area contributed by atoms with Crippen molar-refractivity contribution in [3.8, 4) is 0 Å². The van der Waals surface area contributed by atoms with Crippen LogP contribution in [0.2, 0.25) is 0 Å². The van der Waals surface area contributed by atoms with Crippen LogP contribution in [0.1, 0.15) is 56.6 Å². The van der Waals surface area contributed by atoms with Gasteiger partial charge in [-0.1, -0.05) is 24.3 Å².